The number of carbonyl (C=O) groups is 3. The number of aliphatic hydroxyl groups is 10. The minimum absolute atomic E-state index is 0.0483. The van der Waals surface area contributed by atoms with E-state index in [1.54, 1.807) is 55.5 Å². The topological polar surface area (TPSA) is 520 Å². The van der Waals surface area contributed by atoms with Crippen LogP contribution in [0.1, 0.15) is 134 Å². The first-order chi connectivity index (χ1) is 47.4. The Morgan fingerprint density at radius 1 is 0.794 bits per heavy atom. The molecular weight excluding hydrogens is 1390 g/mol. The third kappa shape index (κ3) is 22.2. The number of amides is 1. The third-order valence-electron chi connectivity index (χ3n) is 21.2. The van der Waals surface area contributed by atoms with Crippen LogP contribution in [0.25, 0.3) is 0 Å². The van der Waals surface area contributed by atoms with E-state index < -0.39 is 203 Å². The number of nitrogens with one attached hydrogen (secondary N) is 2. The number of likely N-dealkylation sites (N-methyl/N-ethyl adjacent to an activating group) is 2. The summed E-state index contributed by atoms with van der Waals surface area (Å²) in [5.41, 5.74) is 18.7. The molecule has 7 aliphatic rings. The zero-order valence-corrected chi connectivity index (χ0v) is 63.0. The van der Waals surface area contributed by atoms with Gasteiger partial charge in [-0.3, -0.25) is 24.5 Å². The highest BCUT2D eigenvalue weighted by Gasteiger charge is 2.55. The van der Waals surface area contributed by atoms with Gasteiger partial charge in [0.1, 0.15) is 59.7 Å². The zero-order chi connectivity index (χ0) is 77.2. The highest BCUT2D eigenvalue weighted by atomic mass is 35.5. The van der Waals surface area contributed by atoms with Crippen molar-refractivity contribution in [2.75, 3.05) is 48.0 Å². The van der Waals surface area contributed by atoms with Crippen LogP contribution in [0.2, 0.25) is 0 Å². The first-order valence-corrected chi connectivity index (χ1v) is 36.0. The molecule has 0 aromatic rings. The second kappa shape index (κ2) is 38.4. The molecule has 102 heavy (non-hydrogen) atoms. The molecule has 5 saturated heterocycles. The molecule has 5 aliphatic heterocycles. The number of cyclic esters (lactones) is 1. The number of aliphatic hydroxyl groups excluding tert-OH is 7. The molecule has 32 atom stereocenters. The van der Waals surface area contributed by atoms with Crippen LogP contribution in [0.5, 0.6) is 0 Å². The van der Waals surface area contributed by atoms with Crippen LogP contribution in [0.3, 0.4) is 0 Å². The second-order valence-corrected chi connectivity index (χ2v) is 30.9. The monoisotopic (exact) mass is 1510 g/mol. The number of ether oxygens (including phenoxy) is 10. The van der Waals surface area contributed by atoms with E-state index in [1.807, 2.05) is 25.9 Å². The van der Waals surface area contributed by atoms with Crippen LogP contribution in [0, 0.1) is 33.8 Å². The van der Waals surface area contributed by atoms with Gasteiger partial charge in [0.25, 0.3) is 5.91 Å². The van der Waals surface area contributed by atoms with E-state index in [0.29, 0.717) is 31.4 Å². The SMILES string of the molecule is CC[C@H]1OC(=O)[C@H](C)[C@@H](O[C@H]2C[C@@](C)(OC)[C@@H](O)[C@H](C)O2)[C@H](C)[C@@H](O[C@@H]2O[C@H](C)C[C@H](N(C)C)[C@H]2O)[C@](C)(O)C[C@@H](C)C(=O)[C@H](C)[C@@H](O)[C@]1(C)O.CN[C@@H]1[C@@H](O)[C@@H](O[C@H]2[C@H](N)C[C@H](N)C(O[C@H]3O[C@H](CN)CC[C@H]3N)[C@@H]2O)OC[C@]1(C)O.O=C(N[C@@H](CO)[C@@H](O)C1=CC=C([N+](=O)[O-])CC1)C(Cl)Cl. The lowest BCUT2D eigenvalue weighted by Crippen LogP contribution is -2.68. The number of esters is 1. The smallest absolute Gasteiger partial charge is 0.311 e. The summed E-state index contributed by atoms with van der Waals surface area (Å²) in [6.07, 6.45) is -12.2. The average Bonchev–Trinajstić information content (AvgIpc) is 0.767. The molecule has 33 nitrogen and oxygen atoms in total. The number of nitrogens with zero attached hydrogens (tertiary/aromatic N) is 2. The van der Waals surface area contributed by atoms with E-state index in [0.717, 1.165) is 6.42 Å². The number of rotatable bonds is 19. The normalized spacial score (nSPS) is 44.1. The van der Waals surface area contributed by atoms with Gasteiger partial charge in [-0.1, -0.05) is 57.0 Å². The van der Waals surface area contributed by atoms with Gasteiger partial charge >= 0.3 is 5.97 Å². The average molecular weight is 1510 g/mol. The van der Waals surface area contributed by atoms with E-state index in [2.05, 4.69) is 10.6 Å². The maximum atomic E-state index is 14.1. The molecule has 592 valence electrons. The number of ketones is 1. The molecule has 20 N–H and O–H groups in total. The standard InChI is InChI=1S/C37H67NO13.C19H39N5O7.C11H14Cl2N2O5/c1-14-25-37(10,45)30(41)20(4)27(39)18(2)16-35(8,44)32(51-34-28(40)24(38(11)12)15-19(3)47-34)21(5)29(22(6)33(43)49-25)50-26-17-36(9,46-13)31(42)23(7)48-26;1-19(27)7-28-18(13(26)16(19)24-2)31-15-11(23)5-10(22)14(12(15)25)30-17-9(21)4-3-8(6-20)29-17;12-10(13)11(18)14-8(5-16)9(17)6-1-3-7(4-2-6)15(19)20/h18-26,28-32,34,40-42,44-45H,14-17H2,1-13H3;8-18,24-27H,3-7,20-23H2,1-2H3;1,3,8-10,16-17H,2,4-5H2,(H,14,18)/t18-,19-,20+,21+,22-,23+,24+,25-,26+,28-,29+,30-,31+,32-,34+,35-,36-,37-;8-,9+,10-,11+,12-,13+,14?,15-,16+,17+,18+,19-;8-,9-/m100/s1. The number of carbonyl (C=O) groups excluding carboxylic acids is 3. The summed E-state index contributed by atoms with van der Waals surface area (Å²) < 4.78 is 60.3. The van der Waals surface area contributed by atoms with Crippen LogP contribution in [-0.4, -0.2) is 301 Å². The molecule has 1 unspecified atom stereocenters. The van der Waals surface area contributed by atoms with Crippen LogP contribution in [-0.2, 0) is 61.8 Å². The van der Waals surface area contributed by atoms with Gasteiger partial charge in [-0.15, -0.1) is 0 Å². The van der Waals surface area contributed by atoms with E-state index in [-0.39, 0.29) is 68.7 Å². The number of hydrogen-bond acceptors (Lipinski definition) is 31. The lowest BCUT2D eigenvalue weighted by molar-refractivity contribution is -0.428. The Balaban J connectivity index is 0.000000309. The second-order valence-electron chi connectivity index (χ2n) is 29.8. The van der Waals surface area contributed by atoms with Gasteiger partial charge in [-0.25, -0.2) is 0 Å². The van der Waals surface area contributed by atoms with Crippen LogP contribution >= 0.6 is 23.2 Å². The van der Waals surface area contributed by atoms with Gasteiger partial charge in [0, 0.05) is 68.5 Å². The minimum Gasteiger partial charge on any atom is -0.459 e. The maximum absolute atomic E-state index is 14.1. The van der Waals surface area contributed by atoms with Gasteiger partial charge in [-0.2, -0.15) is 0 Å². The molecule has 0 aromatic heterocycles. The molecule has 0 radical (unpaired) electrons. The van der Waals surface area contributed by atoms with Crippen molar-refractivity contribution in [2.24, 2.45) is 46.6 Å². The van der Waals surface area contributed by atoms with Gasteiger partial charge in [0.15, 0.2) is 30.0 Å². The van der Waals surface area contributed by atoms with Crippen molar-refractivity contribution in [1.82, 2.24) is 15.5 Å². The molecule has 1 amide bonds. The molecule has 5 heterocycles. The number of nitrogens with two attached hydrogens (primary N) is 4. The number of alkyl halides is 2. The molecule has 1 saturated carbocycles. The van der Waals surface area contributed by atoms with Crippen LogP contribution < -0.4 is 33.6 Å². The van der Waals surface area contributed by atoms with E-state index >= 15 is 0 Å². The molecule has 7 rings (SSSR count). The molecule has 0 spiro atoms. The van der Waals surface area contributed by atoms with Crippen molar-refractivity contribution in [3.8, 4) is 0 Å². The highest BCUT2D eigenvalue weighted by Crippen LogP contribution is 2.42. The summed E-state index contributed by atoms with van der Waals surface area (Å²) in [6, 6.07) is -3.55. The summed E-state index contributed by atoms with van der Waals surface area (Å²) in [7, 11) is 6.80. The molecule has 2 aliphatic carbocycles. The van der Waals surface area contributed by atoms with E-state index in [4.69, 9.17) is 93.5 Å². The fourth-order valence-corrected chi connectivity index (χ4v) is 15.0. The predicted octanol–water partition coefficient (Wildman–Crippen LogP) is -1.68. The van der Waals surface area contributed by atoms with Gasteiger partial charge in [-0.05, 0) is 120 Å². The maximum Gasteiger partial charge on any atom is 0.311 e. The summed E-state index contributed by atoms with van der Waals surface area (Å²) in [6.45, 7) is 17.6. The molecular formula is C67H120Cl2N8O25. The van der Waals surface area contributed by atoms with E-state index in [9.17, 15) is 75.6 Å². The zero-order valence-electron chi connectivity index (χ0n) is 61.4. The van der Waals surface area contributed by atoms with Gasteiger partial charge in [0.2, 0.25) is 5.70 Å². The molecule has 35 heteroatoms. The number of halogens is 2. The predicted molar refractivity (Wildman–Crippen MR) is 370 cm³/mol. The highest BCUT2D eigenvalue weighted by molar-refractivity contribution is 6.53. The Hall–Kier alpha value is -2.93. The van der Waals surface area contributed by atoms with E-state index in [1.165, 1.54) is 40.0 Å². The van der Waals surface area contributed by atoms with Crippen molar-refractivity contribution in [2.45, 2.75) is 308 Å². The fraction of sp³-hybridized carbons (Fsp3) is 0.896. The molecule has 0 aromatic carbocycles. The number of allylic oxidation sites excluding steroid dienone is 3. The summed E-state index contributed by atoms with van der Waals surface area (Å²) >= 11 is 10.7. The largest absolute Gasteiger partial charge is 0.459 e. The fourth-order valence-electron chi connectivity index (χ4n) is 14.9. The van der Waals surface area contributed by atoms with Crippen molar-refractivity contribution >= 4 is 40.9 Å². The van der Waals surface area contributed by atoms with Gasteiger partial charge < -0.3 is 137 Å². The summed E-state index contributed by atoms with van der Waals surface area (Å²) in [5, 5.41) is 125. The summed E-state index contributed by atoms with van der Waals surface area (Å²) in [5.74, 6) is -5.71. The van der Waals surface area contributed by atoms with Crippen molar-refractivity contribution in [3.63, 3.8) is 0 Å². The Morgan fingerprint density at radius 2 is 1.41 bits per heavy atom. The first kappa shape index (κ1) is 89.7. The Kier molecular flexibility index (Phi) is 33.8. The Morgan fingerprint density at radius 3 is 1.94 bits per heavy atom. The number of Topliss-reactive ketones (excluding diaryl/α,β-unsaturated/α-hetero) is 1. The van der Waals surface area contributed by atoms with Crippen molar-refractivity contribution in [1.29, 1.82) is 0 Å². The quantitative estimate of drug-likeness (QED) is 0.0297. The van der Waals surface area contributed by atoms with Crippen molar-refractivity contribution < 1.29 is 118 Å². The first-order valence-electron chi connectivity index (χ1n) is 35.2. The van der Waals surface area contributed by atoms with Crippen LogP contribution in [0.4, 0.5) is 0 Å². The Labute approximate surface area is 607 Å². The summed E-state index contributed by atoms with van der Waals surface area (Å²) in [4.78, 5) is 49.8. The third-order valence-corrected chi connectivity index (χ3v) is 21.6. The lowest BCUT2D eigenvalue weighted by Gasteiger charge is -2.49. The van der Waals surface area contributed by atoms with Crippen molar-refractivity contribution in [3.05, 3.63) is 33.5 Å². The number of methoxy groups -OCH3 is 1. The lowest BCUT2D eigenvalue weighted by atomic mass is 9.74. The minimum atomic E-state index is -1.99. The molecule has 6 fully saturated rings. The van der Waals surface area contributed by atoms with Crippen LogP contribution in [0.15, 0.2) is 23.4 Å². The number of hydrogen-bond donors (Lipinski definition) is 16. The molecule has 0 bridgehead atoms. The number of nitro groups is 1. The Bertz CT molecular complexity index is 2750. The van der Waals surface area contributed by atoms with Gasteiger partial charge in [0.05, 0.1) is 96.1 Å².